The molecule has 4 heteroatoms. The predicted molar refractivity (Wildman–Crippen MR) is 65.6 cm³/mol. The average molecular weight is 245 g/mol. The van der Waals surface area contributed by atoms with Crippen molar-refractivity contribution in [3.63, 3.8) is 0 Å². The maximum Gasteiger partial charge on any atom is 0.134 e. The molecular weight excluding hydrogens is 233 g/mol. The van der Waals surface area contributed by atoms with Gasteiger partial charge in [-0.3, -0.25) is 0 Å². The van der Waals surface area contributed by atoms with Crippen LogP contribution < -0.4 is 5.73 Å². The molecule has 0 saturated heterocycles. The van der Waals surface area contributed by atoms with E-state index in [4.69, 9.17) is 14.6 Å². The van der Waals surface area contributed by atoms with Gasteiger partial charge in [0, 0.05) is 5.39 Å². The van der Waals surface area contributed by atoms with Crippen LogP contribution in [0.3, 0.4) is 0 Å². The van der Waals surface area contributed by atoms with Gasteiger partial charge in [-0.05, 0) is 42.8 Å². The van der Waals surface area contributed by atoms with Gasteiger partial charge in [0.15, 0.2) is 0 Å². The van der Waals surface area contributed by atoms with Gasteiger partial charge in [0.2, 0.25) is 0 Å². The molecule has 0 aliphatic carbocycles. The zero-order chi connectivity index (χ0) is 12.7. The van der Waals surface area contributed by atoms with E-state index in [2.05, 4.69) is 0 Å². The molecule has 18 heavy (non-hydrogen) atoms. The largest absolute Gasteiger partial charge is 0.467 e. The second-order valence-corrected chi connectivity index (χ2v) is 4.28. The first-order chi connectivity index (χ1) is 8.65. The van der Waals surface area contributed by atoms with Crippen LogP contribution in [0.1, 0.15) is 23.1 Å². The van der Waals surface area contributed by atoms with Crippen LogP contribution in [-0.4, -0.2) is 0 Å². The second kappa shape index (κ2) is 3.99. The third-order valence-electron chi connectivity index (χ3n) is 2.99. The van der Waals surface area contributed by atoms with E-state index in [1.807, 2.05) is 13.0 Å². The van der Waals surface area contributed by atoms with E-state index in [0.717, 1.165) is 5.56 Å². The second-order valence-electron chi connectivity index (χ2n) is 4.28. The number of rotatable bonds is 2. The zero-order valence-corrected chi connectivity index (χ0v) is 9.81. The zero-order valence-electron chi connectivity index (χ0n) is 9.81. The van der Waals surface area contributed by atoms with Crippen LogP contribution in [0.4, 0.5) is 4.39 Å². The van der Waals surface area contributed by atoms with E-state index in [-0.39, 0.29) is 5.82 Å². The van der Waals surface area contributed by atoms with E-state index >= 15 is 0 Å². The van der Waals surface area contributed by atoms with Gasteiger partial charge in [0.1, 0.15) is 29.0 Å². The van der Waals surface area contributed by atoms with Crippen LogP contribution in [0.2, 0.25) is 0 Å². The third kappa shape index (κ3) is 1.71. The summed E-state index contributed by atoms with van der Waals surface area (Å²) < 4.78 is 24.0. The highest BCUT2D eigenvalue weighted by Gasteiger charge is 2.19. The first-order valence-corrected chi connectivity index (χ1v) is 5.64. The first-order valence-electron chi connectivity index (χ1n) is 5.64. The molecule has 0 amide bonds. The molecule has 0 radical (unpaired) electrons. The van der Waals surface area contributed by atoms with Crippen molar-refractivity contribution in [2.75, 3.05) is 0 Å². The summed E-state index contributed by atoms with van der Waals surface area (Å²) in [6.45, 7) is 1.92. The summed E-state index contributed by atoms with van der Waals surface area (Å²) in [5.41, 5.74) is 7.67. The Balaban J connectivity index is 2.07. The standard InChI is InChI=1S/C14H12FNO2/c1-8-4-5-17-14(8)13(16)12-7-9-6-10(15)2-3-11(9)18-12/h2-7,13H,16H2,1H3. The van der Waals surface area contributed by atoms with Crippen molar-refractivity contribution in [3.8, 4) is 0 Å². The van der Waals surface area contributed by atoms with Crippen molar-refractivity contribution in [2.24, 2.45) is 5.73 Å². The first kappa shape index (κ1) is 11.0. The van der Waals surface area contributed by atoms with Gasteiger partial charge in [-0.1, -0.05) is 0 Å². The minimum absolute atomic E-state index is 0.294. The molecule has 1 atom stereocenters. The maximum absolute atomic E-state index is 13.1. The van der Waals surface area contributed by atoms with Crippen LogP contribution in [0.15, 0.2) is 45.4 Å². The van der Waals surface area contributed by atoms with Crippen LogP contribution in [0, 0.1) is 12.7 Å². The summed E-state index contributed by atoms with van der Waals surface area (Å²) in [6, 6.07) is 7.48. The Labute approximate surface area is 103 Å². The molecule has 0 spiro atoms. The summed E-state index contributed by atoms with van der Waals surface area (Å²) in [5, 5.41) is 0.699. The van der Waals surface area contributed by atoms with E-state index in [9.17, 15) is 4.39 Å². The Morgan fingerprint density at radius 3 is 2.78 bits per heavy atom. The quantitative estimate of drug-likeness (QED) is 0.751. The fourth-order valence-electron chi connectivity index (χ4n) is 2.02. The van der Waals surface area contributed by atoms with Gasteiger partial charge < -0.3 is 14.6 Å². The summed E-state index contributed by atoms with van der Waals surface area (Å²) >= 11 is 0. The number of benzene rings is 1. The van der Waals surface area contributed by atoms with Crippen LogP contribution in [-0.2, 0) is 0 Å². The molecule has 92 valence electrons. The fraction of sp³-hybridized carbons (Fsp3) is 0.143. The monoisotopic (exact) mass is 245 g/mol. The van der Waals surface area contributed by atoms with Crippen molar-refractivity contribution >= 4 is 11.0 Å². The van der Waals surface area contributed by atoms with Gasteiger partial charge >= 0.3 is 0 Å². The Morgan fingerprint density at radius 2 is 2.06 bits per heavy atom. The molecule has 0 aliphatic rings. The molecule has 0 fully saturated rings. The van der Waals surface area contributed by atoms with E-state index in [1.54, 1.807) is 18.4 Å². The van der Waals surface area contributed by atoms with Crippen molar-refractivity contribution in [1.82, 2.24) is 0 Å². The van der Waals surface area contributed by atoms with Gasteiger partial charge in [0.25, 0.3) is 0 Å². The molecule has 1 unspecified atom stereocenters. The molecule has 0 saturated carbocycles. The van der Waals surface area contributed by atoms with Crippen LogP contribution in [0.5, 0.6) is 0 Å². The van der Waals surface area contributed by atoms with E-state index in [0.29, 0.717) is 22.5 Å². The van der Waals surface area contributed by atoms with E-state index in [1.165, 1.54) is 12.1 Å². The summed E-state index contributed by atoms with van der Waals surface area (Å²) in [6.07, 6.45) is 1.59. The summed E-state index contributed by atoms with van der Waals surface area (Å²) in [4.78, 5) is 0. The smallest absolute Gasteiger partial charge is 0.134 e. The van der Waals surface area contributed by atoms with Crippen molar-refractivity contribution in [3.05, 3.63) is 59.5 Å². The molecule has 3 aromatic rings. The molecule has 2 heterocycles. The maximum atomic E-state index is 13.1. The molecule has 0 bridgehead atoms. The summed E-state index contributed by atoms with van der Waals surface area (Å²) in [5.74, 6) is 0.931. The number of halogens is 1. The average Bonchev–Trinajstić information content (AvgIpc) is 2.93. The highest BCUT2D eigenvalue weighted by Crippen LogP contribution is 2.28. The predicted octanol–water partition coefficient (Wildman–Crippen LogP) is 3.52. The molecule has 0 aliphatic heterocycles. The van der Waals surface area contributed by atoms with Gasteiger partial charge in [-0.25, -0.2) is 4.39 Å². The fourth-order valence-corrected chi connectivity index (χ4v) is 2.02. The van der Waals surface area contributed by atoms with Crippen molar-refractivity contribution in [1.29, 1.82) is 0 Å². The minimum Gasteiger partial charge on any atom is -0.467 e. The lowest BCUT2D eigenvalue weighted by atomic mass is 10.1. The molecule has 2 N–H and O–H groups in total. The normalized spacial score (nSPS) is 13.1. The number of hydrogen-bond acceptors (Lipinski definition) is 3. The topological polar surface area (TPSA) is 52.3 Å². The number of nitrogens with two attached hydrogens (primary N) is 1. The Kier molecular flexibility index (Phi) is 2.45. The van der Waals surface area contributed by atoms with Crippen LogP contribution in [0.25, 0.3) is 11.0 Å². The molecular formula is C14H12FNO2. The summed E-state index contributed by atoms with van der Waals surface area (Å²) in [7, 11) is 0. The van der Waals surface area contributed by atoms with Crippen molar-refractivity contribution in [2.45, 2.75) is 13.0 Å². The SMILES string of the molecule is Cc1ccoc1C(N)c1cc2cc(F)ccc2o1. The number of hydrogen-bond donors (Lipinski definition) is 1. The Morgan fingerprint density at radius 1 is 1.22 bits per heavy atom. The highest BCUT2D eigenvalue weighted by atomic mass is 19.1. The molecule has 3 nitrogen and oxygen atoms in total. The van der Waals surface area contributed by atoms with Crippen LogP contribution >= 0.6 is 0 Å². The molecule has 1 aromatic carbocycles. The van der Waals surface area contributed by atoms with Gasteiger partial charge in [-0.15, -0.1) is 0 Å². The van der Waals surface area contributed by atoms with E-state index < -0.39 is 6.04 Å². The number of aryl methyl sites for hydroxylation is 1. The third-order valence-corrected chi connectivity index (χ3v) is 2.99. The lowest BCUT2D eigenvalue weighted by molar-refractivity contribution is 0.443. The Bertz CT molecular complexity index is 699. The highest BCUT2D eigenvalue weighted by molar-refractivity contribution is 5.78. The van der Waals surface area contributed by atoms with Gasteiger partial charge in [-0.2, -0.15) is 0 Å². The molecule has 3 rings (SSSR count). The minimum atomic E-state index is -0.476. The number of furan rings is 2. The Hall–Kier alpha value is -2.07. The lowest BCUT2D eigenvalue weighted by Crippen LogP contribution is -2.10. The number of fused-ring (bicyclic) bond motifs is 1. The lowest BCUT2D eigenvalue weighted by Gasteiger charge is -2.05. The van der Waals surface area contributed by atoms with Crippen molar-refractivity contribution < 1.29 is 13.2 Å². The van der Waals surface area contributed by atoms with Gasteiger partial charge in [0.05, 0.1) is 6.26 Å². The molecule has 2 aromatic heterocycles.